The van der Waals surface area contributed by atoms with Gasteiger partial charge in [0.1, 0.15) is 15.9 Å². The van der Waals surface area contributed by atoms with Gasteiger partial charge in [0.05, 0.1) is 5.56 Å². The van der Waals surface area contributed by atoms with Gasteiger partial charge in [0.25, 0.3) is 0 Å². The van der Waals surface area contributed by atoms with E-state index in [9.17, 15) is 13.2 Å². The van der Waals surface area contributed by atoms with Crippen molar-refractivity contribution < 1.29 is 13.2 Å². The summed E-state index contributed by atoms with van der Waals surface area (Å²) in [4.78, 5) is -0.729. The van der Waals surface area contributed by atoms with Crippen LogP contribution in [0.25, 0.3) is 0 Å². The van der Waals surface area contributed by atoms with E-state index in [1.807, 2.05) is 0 Å². The molecule has 7 heteroatoms. The van der Waals surface area contributed by atoms with Crippen molar-refractivity contribution in [1.29, 1.82) is 5.26 Å². The highest BCUT2D eigenvalue weighted by Gasteiger charge is 2.41. The number of nitrogens with one attached hydrogen (secondary N) is 1. The second-order valence-corrected chi connectivity index (χ2v) is 4.60. The molecule has 0 spiro atoms. The minimum atomic E-state index is -4.43. The summed E-state index contributed by atoms with van der Waals surface area (Å²) in [6.07, 6.45) is -4.43. The third kappa shape index (κ3) is 1.64. The third-order valence-electron chi connectivity index (χ3n) is 2.53. The van der Waals surface area contributed by atoms with Crippen molar-refractivity contribution >= 4 is 16.3 Å². The summed E-state index contributed by atoms with van der Waals surface area (Å²) in [5, 5.41) is 11.7. The van der Waals surface area contributed by atoms with Crippen LogP contribution in [0.3, 0.4) is 0 Å². The van der Waals surface area contributed by atoms with E-state index in [2.05, 4.69) is 5.32 Å². The zero-order valence-corrected chi connectivity index (χ0v) is 8.87. The van der Waals surface area contributed by atoms with Crippen molar-refractivity contribution in [1.82, 2.24) is 5.32 Å². The highest BCUT2D eigenvalue weighted by atomic mass is 32.1. The molecule has 0 amide bonds. The van der Waals surface area contributed by atoms with Gasteiger partial charge in [-0.2, -0.15) is 18.4 Å². The van der Waals surface area contributed by atoms with Crippen LogP contribution >= 0.6 is 11.3 Å². The van der Waals surface area contributed by atoms with Crippen molar-refractivity contribution in [3.05, 3.63) is 16.0 Å². The van der Waals surface area contributed by atoms with Gasteiger partial charge in [-0.1, -0.05) is 0 Å². The zero-order valence-electron chi connectivity index (χ0n) is 8.06. The van der Waals surface area contributed by atoms with Gasteiger partial charge in [-0.05, 0) is 0 Å². The summed E-state index contributed by atoms with van der Waals surface area (Å²) in [5.41, 5.74) is 5.50. The molecule has 2 rings (SSSR count). The van der Waals surface area contributed by atoms with E-state index < -0.39 is 11.1 Å². The Kier molecular flexibility index (Phi) is 2.56. The molecule has 1 fully saturated rings. The lowest BCUT2D eigenvalue weighted by Gasteiger charge is -2.28. The lowest BCUT2D eigenvalue weighted by atomic mass is 9.90. The quantitative estimate of drug-likeness (QED) is 0.796. The Labute approximate surface area is 93.7 Å². The van der Waals surface area contributed by atoms with Crippen molar-refractivity contribution in [2.75, 3.05) is 18.8 Å². The maximum absolute atomic E-state index is 12.7. The van der Waals surface area contributed by atoms with Gasteiger partial charge in [0.15, 0.2) is 0 Å². The number of halogens is 3. The van der Waals surface area contributed by atoms with E-state index in [4.69, 9.17) is 11.0 Å². The largest absolute Gasteiger partial charge is 0.425 e. The van der Waals surface area contributed by atoms with E-state index in [1.54, 1.807) is 6.07 Å². The minimum Gasteiger partial charge on any atom is -0.389 e. The highest BCUT2D eigenvalue weighted by molar-refractivity contribution is 7.16. The molecule has 0 radical (unpaired) electrons. The van der Waals surface area contributed by atoms with E-state index >= 15 is 0 Å². The number of nitrogens with two attached hydrogens (primary N) is 1. The summed E-state index contributed by atoms with van der Waals surface area (Å²) in [7, 11) is 0. The predicted molar refractivity (Wildman–Crippen MR) is 54.1 cm³/mol. The average Bonchev–Trinajstić information content (AvgIpc) is 2.39. The van der Waals surface area contributed by atoms with Crippen LogP contribution in [0.2, 0.25) is 0 Å². The van der Waals surface area contributed by atoms with Gasteiger partial charge < -0.3 is 11.1 Å². The predicted octanol–water partition coefficient (Wildman–Crippen LogP) is 1.91. The van der Waals surface area contributed by atoms with Crippen LogP contribution in [0.1, 0.15) is 21.9 Å². The van der Waals surface area contributed by atoms with Gasteiger partial charge in [0.2, 0.25) is 0 Å². The summed E-state index contributed by atoms with van der Waals surface area (Å²) >= 11 is 0.453. The van der Waals surface area contributed by atoms with Crippen LogP contribution in [-0.4, -0.2) is 13.1 Å². The molecule has 16 heavy (non-hydrogen) atoms. The first-order valence-corrected chi connectivity index (χ1v) is 5.37. The standard InChI is InChI=1S/C9H8F3N3S/c10-9(11,12)7-6(4-2-15-3-4)5(1-13)8(14)16-7/h4,15H,2-3,14H2. The molecule has 86 valence electrons. The smallest absolute Gasteiger partial charge is 0.389 e. The lowest BCUT2D eigenvalue weighted by molar-refractivity contribution is -0.135. The first-order valence-electron chi connectivity index (χ1n) is 4.55. The SMILES string of the molecule is N#Cc1c(N)sc(C(F)(F)F)c1C1CNC1. The van der Waals surface area contributed by atoms with E-state index in [0.717, 1.165) is 0 Å². The topological polar surface area (TPSA) is 61.8 Å². The van der Waals surface area contributed by atoms with Crippen molar-refractivity contribution in [3.63, 3.8) is 0 Å². The Bertz CT molecular complexity index is 454. The monoisotopic (exact) mass is 247 g/mol. The summed E-state index contributed by atoms with van der Waals surface area (Å²) in [6.45, 7) is 0.932. The molecule has 1 aliphatic rings. The van der Waals surface area contributed by atoms with Crippen molar-refractivity contribution in [3.8, 4) is 6.07 Å². The fourth-order valence-corrected chi connectivity index (χ4v) is 2.64. The maximum atomic E-state index is 12.7. The Morgan fingerprint density at radius 1 is 1.44 bits per heavy atom. The summed E-state index contributed by atoms with van der Waals surface area (Å²) in [6, 6.07) is 1.76. The summed E-state index contributed by atoms with van der Waals surface area (Å²) < 4.78 is 38.2. The number of thiophene rings is 1. The number of hydrogen-bond donors (Lipinski definition) is 2. The van der Waals surface area contributed by atoms with Crippen LogP contribution in [0.4, 0.5) is 18.2 Å². The molecular weight excluding hydrogens is 239 g/mol. The number of hydrogen-bond acceptors (Lipinski definition) is 4. The second-order valence-electron chi connectivity index (χ2n) is 3.55. The second kappa shape index (κ2) is 3.64. The van der Waals surface area contributed by atoms with Crippen molar-refractivity contribution in [2.24, 2.45) is 0 Å². The Morgan fingerprint density at radius 3 is 2.44 bits per heavy atom. The molecule has 0 saturated carbocycles. The number of anilines is 1. The van der Waals surface area contributed by atoms with Crippen LogP contribution < -0.4 is 11.1 Å². The first-order chi connectivity index (χ1) is 7.45. The maximum Gasteiger partial charge on any atom is 0.425 e. The number of nitriles is 1. The normalized spacial score (nSPS) is 16.9. The molecule has 1 aromatic rings. The molecule has 0 atom stereocenters. The van der Waals surface area contributed by atoms with Crippen LogP contribution in [0, 0.1) is 11.3 Å². The Morgan fingerprint density at radius 2 is 2.06 bits per heavy atom. The van der Waals surface area contributed by atoms with Crippen LogP contribution in [-0.2, 0) is 6.18 Å². The molecule has 1 aliphatic heterocycles. The molecule has 0 unspecified atom stereocenters. The van der Waals surface area contributed by atoms with Gasteiger partial charge in [-0.25, -0.2) is 0 Å². The Hall–Kier alpha value is -1.26. The number of rotatable bonds is 1. The number of nitrogens with zero attached hydrogens (tertiary/aromatic N) is 1. The van der Waals surface area contributed by atoms with E-state index in [1.165, 1.54) is 0 Å². The fourth-order valence-electron chi connectivity index (χ4n) is 1.67. The molecule has 0 bridgehead atoms. The van der Waals surface area contributed by atoms with Crippen LogP contribution in [0.5, 0.6) is 0 Å². The minimum absolute atomic E-state index is 0.0103. The average molecular weight is 247 g/mol. The molecule has 2 heterocycles. The van der Waals surface area contributed by atoms with Gasteiger partial charge >= 0.3 is 6.18 Å². The molecule has 1 aromatic heterocycles. The zero-order chi connectivity index (χ0) is 11.9. The highest BCUT2D eigenvalue weighted by Crippen LogP contribution is 2.45. The van der Waals surface area contributed by atoms with Crippen LogP contribution in [0.15, 0.2) is 0 Å². The molecular formula is C9H8F3N3S. The molecule has 0 aliphatic carbocycles. The lowest BCUT2D eigenvalue weighted by Crippen LogP contribution is -2.40. The number of alkyl halides is 3. The number of nitrogen functional groups attached to an aromatic ring is 1. The molecule has 3 N–H and O–H groups in total. The molecule has 1 saturated heterocycles. The molecule has 0 aromatic carbocycles. The van der Waals surface area contributed by atoms with Gasteiger partial charge in [-0.15, -0.1) is 11.3 Å². The Balaban J connectivity index is 2.57. The van der Waals surface area contributed by atoms with Crippen molar-refractivity contribution in [2.45, 2.75) is 12.1 Å². The third-order valence-corrected chi connectivity index (χ3v) is 3.61. The van der Waals surface area contributed by atoms with E-state index in [0.29, 0.717) is 24.4 Å². The van der Waals surface area contributed by atoms with Gasteiger partial charge in [-0.3, -0.25) is 0 Å². The fraction of sp³-hybridized carbons (Fsp3) is 0.444. The molecule has 3 nitrogen and oxygen atoms in total. The van der Waals surface area contributed by atoms with E-state index in [-0.39, 0.29) is 22.0 Å². The van der Waals surface area contributed by atoms with Gasteiger partial charge in [0, 0.05) is 24.6 Å². The summed E-state index contributed by atoms with van der Waals surface area (Å²) in [5.74, 6) is -0.250. The first kappa shape index (κ1) is 11.2.